The molecular formula is C95H163N15O31. The van der Waals surface area contributed by atoms with Gasteiger partial charge in [0.15, 0.2) is 5.78 Å². The first-order valence-corrected chi connectivity index (χ1v) is 48.4. The van der Waals surface area contributed by atoms with E-state index in [0.29, 0.717) is 98.5 Å². The maximum atomic E-state index is 14.6. The van der Waals surface area contributed by atoms with Crippen molar-refractivity contribution in [3.05, 3.63) is 35.9 Å². The molecule has 0 aliphatic carbocycles. The van der Waals surface area contributed by atoms with E-state index >= 15 is 0 Å². The summed E-state index contributed by atoms with van der Waals surface area (Å²) in [7, 11) is 9.86. The van der Waals surface area contributed by atoms with E-state index < -0.39 is 208 Å². The van der Waals surface area contributed by atoms with E-state index in [0.717, 1.165) is 5.56 Å². The number of nitrogens with zero attached hydrogens (tertiary/aromatic N) is 3. The average molecular weight is 2010 g/mol. The molecule has 141 heavy (non-hydrogen) atoms. The Labute approximate surface area is 829 Å². The summed E-state index contributed by atoms with van der Waals surface area (Å²) in [6.07, 6.45) is -2.97. The quantitative estimate of drug-likeness (QED) is 0.0282. The monoisotopic (exact) mass is 2010 g/mol. The van der Waals surface area contributed by atoms with Crippen molar-refractivity contribution >= 4 is 101 Å². The number of carboxylic acids is 1. The van der Waals surface area contributed by atoms with Crippen molar-refractivity contribution in [2.45, 2.75) is 208 Å². The molecule has 1 aromatic rings. The number of carbonyl (C=O) groups excluding carboxylic acids is 16. The van der Waals surface area contributed by atoms with Gasteiger partial charge in [-0.2, -0.15) is 0 Å². The maximum absolute atomic E-state index is 14.6. The van der Waals surface area contributed by atoms with Crippen molar-refractivity contribution in [1.29, 1.82) is 0 Å². The number of carboxylic acid groups (broad SMARTS) is 1. The van der Waals surface area contributed by atoms with Crippen LogP contribution in [0.25, 0.3) is 0 Å². The molecular weight excluding hydrogens is 1850 g/mol. The van der Waals surface area contributed by atoms with Crippen LogP contribution < -0.4 is 63.8 Å². The summed E-state index contributed by atoms with van der Waals surface area (Å²) in [5, 5.41) is 40.1. The van der Waals surface area contributed by atoms with Gasteiger partial charge in [0, 0.05) is 99.6 Å². The largest absolute Gasteiger partial charge is 0.480 e. The number of methoxy groups -OCH3 is 3. The summed E-state index contributed by atoms with van der Waals surface area (Å²) in [6, 6.07) is 2.55. The Kier molecular flexibility index (Phi) is 66.3. The first kappa shape index (κ1) is 127. The minimum absolute atomic E-state index is 0.0114. The van der Waals surface area contributed by atoms with Crippen LogP contribution in [0.2, 0.25) is 0 Å². The molecule has 14 amide bonds. The number of esters is 1. The smallest absolute Gasteiger partial charge is 0.407 e. The van der Waals surface area contributed by atoms with Gasteiger partial charge in [-0.15, -0.1) is 0 Å². The number of likely N-dealkylation sites (tertiary alicyclic amines) is 1. The number of carbonyl (C=O) groups is 17. The van der Waals surface area contributed by atoms with E-state index in [4.69, 9.17) is 61.6 Å². The van der Waals surface area contributed by atoms with E-state index in [-0.39, 0.29) is 145 Å². The number of aliphatic carboxylic acids is 1. The molecule has 0 bridgehead atoms. The molecule has 0 spiro atoms. The zero-order valence-corrected chi connectivity index (χ0v) is 85.8. The highest BCUT2D eigenvalue weighted by Gasteiger charge is 2.44. The van der Waals surface area contributed by atoms with Crippen LogP contribution in [0.5, 0.6) is 0 Å². The maximum Gasteiger partial charge on any atom is 0.407 e. The molecule has 2 rings (SSSR count). The third-order valence-corrected chi connectivity index (χ3v) is 22.3. The number of ether oxygens (including phenoxy) is 13. The van der Waals surface area contributed by atoms with Gasteiger partial charge in [-0.25, -0.2) is 14.4 Å². The average Bonchev–Trinajstić information content (AvgIpc) is 1.37. The van der Waals surface area contributed by atoms with Gasteiger partial charge in [0.2, 0.25) is 76.8 Å². The zero-order valence-electron chi connectivity index (χ0n) is 85.8. The molecule has 13 N–H and O–H groups in total. The molecule has 0 unspecified atom stereocenters. The van der Waals surface area contributed by atoms with E-state index in [1.54, 1.807) is 61.2 Å². The van der Waals surface area contributed by atoms with E-state index in [1.807, 2.05) is 81.3 Å². The highest BCUT2D eigenvalue weighted by Crippen LogP contribution is 2.30. The lowest BCUT2D eigenvalue weighted by Crippen LogP contribution is -2.59. The van der Waals surface area contributed by atoms with Crippen LogP contribution in [0, 0.1) is 35.0 Å². The van der Waals surface area contributed by atoms with Crippen molar-refractivity contribution in [2.75, 3.05) is 227 Å². The Balaban J connectivity index is 1.96. The number of alkyl carbamates (subject to hydrolysis) is 1. The second-order valence-corrected chi connectivity index (χ2v) is 36.2. The number of nitrogens with one attached hydrogen (secondary N) is 12. The minimum Gasteiger partial charge on any atom is -0.480 e. The molecule has 1 saturated heterocycles. The number of hydrogen-bond acceptors (Lipinski definition) is 31. The number of Topliss-reactive ketones (excluding diaryl/α,β-unsaturated/α-hetero) is 1. The second kappa shape index (κ2) is 73.8. The van der Waals surface area contributed by atoms with Gasteiger partial charge in [0.05, 0.1) is 194 Å². The standard InChI is InChI=1S/C95H163N15O31/c1-18-65(6)85(109(14)91(124)83(63(2)3)107-90(123)84(64(4)5)108(12)13)74(130-16)56-82(119)110-36-22-26-73(110)86(131-17)66(7)87(120)106-72(54-68-24-20-19-21-25-68)89(122)97-32-23-37-140-93(127)67(8)104-77(114)28-27-71(92(125)126)105-78(115)30-34-99-94(128)141-61-69(88(121)98-35-39-132-42-43-134-46-47-136-50-51-138-53-52-137-49-48-135-45-44-133-41-40-129-15)55-70(111)57-100-79(116)59-102-81(118)60-103-80(117)58-101-75(112)29-33-96-76(113)31-38-139-62-95(9,10)11/h19-21,24-25,63-67,69,71-74,83-86H,18,22-23,26-62H2,1-17H3,(H,96,113)(H,97,122)(H,98,121)(H,99,128)(H,100,116)(H,101,112)(H,102,118)(H,103,117)(H,104,114)(H,105,115)(H,106,120)(H,107,123)(H,125,126)/t65-,66+,67-,69-,71-,72-,73-,74+,83-,84-,85-,86+/m0/s1. The molecule has 0 radical (unpaired) electrons. The van der Waals surface area contributed by atoms with Crippen LogP contribution in [0.15, 0.2) is 30.3 Å². The lowest BCUT2D eigenvalue weighted by atomic mass is 9.89. The molecule has 46 heteroatoms. The predicted octanol–water partition coefficient (Wildman–Crippen LogP) is -0.741. The number of benzene rings is 1. The van der Waals surface area contributed by atoms with Crippen LogP contribution in [0.3, 0.4) is 0 Å². The Morgan fingerprint density at radius 3 is 1.54 bits per heavy atom. The number of ketones is 1. The van der Waals surface area contributed by atoms with Gasteiger partial charge < -0.3 is 140 Å². The number of rotatable bonds is 79. The van der Waals surface area contributed by atoms with Gasteiger partial charge >= 0.3 is 18.0 Å². The summed E-state index contributed by atoms with van der Waals surface area (Å²) in [6.45, 7) is 22.9. The van der Waals surface area contributed by atoms with Gasteiger partial charge in [-0.1, -0.05) is 106 Å². The third kappa shape index (κ3) is 56.4. The Morgan fingerprint density at radius 2 is 1.01 bits per heavy atom. The van der Waals surface area contributed by atoms with Crippen LogP contribution in [0.4, 0.5) is 4.79 Å². The fraction of sp³-hybridized carbons (Fsp3) is 0.758. The molecule has 0 saturated carbocycles. The lowest BCUT2D eigenvalue weighted by molar-refractivity contribution is -0.148. The Bertz CT molecular complexity index is 3900. The van der Waals surface area contributed by atoms with Crippen molar-refractivity contribution in [3.63, 3.8) is 0 Å². The number of hydrogen-bond donors (Lipinski definition) is 13. The van der Waals surface area contributed by atoms with Crippen molar-refractivity contribution in [1.82, 2.24) is 78.5 Å². The molecule has 804 valence electrons. The van der Waals surface area contributed by atoms with Gasteiger partial charge in [-0.3, -0.25) is 72.0 Å². The topological polar surface area (TPSA) is 584 Å². The first-order chi connectivity index (χ1) is 67.1. The fourth-order valence-electron chi connectivity index (χ4n) is 14.6. The van der Waals surface area contributed by atoms with Crippen molar-refractivity contribution in [2.24, 2.45) is 35.0 Å². The molecule has 1 aromatic carbocycles. The molecule has 1 aliphatic heterocycles. The van der Waals surface area contributed by atoms with Crippen LogP contribution in [-0.4, -0.2) is 402 Å². The molecule has 1 fully saturated rings. The van der Waals surface area contributed by atoms with E-state index in [2.05, 4.69) is 63.8 Å². The lowest BCUT2D eigenvalue weighted by Gasteiger charge is -2.41. The summed E-state index contributed by atoms with van der Waals surface area (Å²) >= 11 is 0. The Morgan fingerprint density at radius 1 is 0.489 bits per heavy atom. The Hall–Kier alpha value is -10.3. The first-order valence-electron chi connectivity index (χ1n) is 48.4. The predicted molar refractivity (Wildman–Crippen MR) is 515 cm³/mol. The summed E-state index contributed by atoms with van der Waals surface area (Å²) in [4.78, 5) is 229. The van der Waals surface area contributed by atoms with Gasteiger partial charge in [-0.05, 0) is 75.4 Å². The SMILES string of the molecule is CC[C@H](C)[C@@H]([C@@H](CC(=O)N1CCC[C@H]1[C@H](OC)[C@@H](C)C(=O)N[C@@H](Cc1ccccc1)C(=O)NCCCOC(=O)[C@H](C)NC(=O)CC[C@H](NC(=O)CCNC(=O)OC[C@H](CC(=O)CNC(=O)CNC(=O)CNC(=O)CNC(=O)CCNC(=O)CCOCC(C)(C)C)C(=O)NCCOCCOCCOCCOCCOCCOCCOCCOC)C(=O)O)OC)N(C)C(=O)[C@@H](NC(=O)[C@H](C(C)C)N(C)C)C(C)C. The normalized spacial score (nSPS) is 14.9. The van der Waals surface area contributed by atoms with E-state index in [1.165, 1.54) is 21.1 Å². The zero-order chi connectivity index (χ0) is 105. The number of amides is 14. The van der Waals surface area contributed by atoms with Gasteiger partial charge in [0.1, 0.15) is 30.8 Å². The highest BCUT2D eigenvalue weighted by molar-refractivity contribution is 5.94. The molecule has 0 aromatic heterocycles. The fourth-order valence-corrected chi connectivity index (χ4v) is 14.6. The highest BCUT2D eigenvalue weighted by atomic mass is 16.6. The third-order valence-electron chi connectivity index (χ3n) is 22.3. The molecule has 1 aliphatic rings. The van der Waals surface area contributed by atoms with Crippen LogP contribution in [-0.2, 0) is 145 Å². The molecule has 46 nitrogen and oxygen atoms in total. The number of likely N-dealkylation sites (N-methyl/N-ethyl adjacent to an activating group) is 2. The van der Waals surface area contributed by atoms with E-state index in [9.17, 15) is 86.6 Å². The van der Waals surface area contributed by atoms with Crippen LogP contribution >= 0.6 is 0 Å². The van der Waals surface area contributed by atoms with Crippen molar-refractivity contribution in [3.8, 4) is 0 Å². The molecule has 12 atom stereocenters. The minimum atomic E-state index is -1.62. The van der Waals surface area contributed by atoms with Crippen molar-refractivity contribution < 1.29 is 148 Å². The second-order valence-electron chi connectivity index (χ2n) is 36.2. The summed E-state index contributed by atoms with van der Waals surface area (Å²) < 4.78 is 71.5. The summed E-state index contributed by atoms with van der Waals surface area (Å²) in [5.41, 5.74) is 0.669. The summed E-state index contributed by atoms with van der Waals surface area (Å²) in [5.74, 6) is -13.4. The van der Waals surface area contributed by atoms with Crippen LogP contribution in [0.1, 0.15) is 152 Å². The van der Waals surface area contributed by atoms with Gasteiger partial charge in [0.25, 0.3) is 0 Å². The molecule has 1 heterocycles.